The van der Waals surface area contributed by atoms with Crippen LogP contribution in [0.3, 0.4) is 0 Å². The van der Waals surface area contributed by atoms with E-state index in [-0.39, 0.29) is 0 Å². The quantitative estimate of drug-likeness (QED) is 0.595. The van der Waals surface area contributed by atoms with Crippen molar-refractivity contribution in [2.75, 3.05) is 5.32 Å². The molecule has 0 aliphatic rings. The van der Waals surface area contributed by atoms with Crippen molar-refractivity contribution in [3.8, 4) is 0 Å². The van der Waals surface area contributed by atoms with Crippen LogP contribution in [0.4, 0.5) is 5.69 Å². The van der Waals surface area contributed by atoms with Gasteiger partial charge in [-0.25, -0.2) is 0 Å². The van der Waals surface area contributed by atoms with Crippen molar-refractivity contribution in [2.45, 2.75) is 20.0 Å². The Kier molecular flexibility index (Phi) is 6.21. The average molecular weight is 382 g/mol. The highest BCUT2D eigenvalue weighted by molar-refractivity contribution is 7.80. The molecule has 0 radical (unpaired) electrons. The number of rotatable bonds is 5. The summed E-state index contributed by atoms with van der Waals surface area (Å²) in [7, 11) is 0. The molecule has 0 aliphatic carbocycles. The van der Waals surface area contributed by atoms with E-state index in [0.717, 1.165) is 11.3 Å². The van der Waals surface area contributed by atoms with Gasteiger partial charge in [0.15, 0.2) is 5.11 Å². The number of thiocarbonyl (C=S) groups is 1. The predicted molar refractivity (Wildman–Crippen MR) is 112 cm³/mol. The van der Waals surface area contributed by atoms with Crippen LogP contribution in [0.25, 0.3) is 0 Å². The molecule has 1 N–H and O–H groups in total. The second kappa shape index (κ2) is 8.79. The predicted octanol–water partition coefficient (Wildman–Crippen LogP) is 5.44. The maximum Gasteiger partial charge on any atom is 0.174 e. The van der Waals surface area contributed by atoms with Crippen molar-refractivity contribution < 1.29 is 0 Å². The van der Waals surface area contributed by atoms with E-state index >= 15 is 0 Å². The minimum absolute atomic E-state index is 0.628. The Morgan fingerprint density at radius 2 is 1.81 bits per heavy atom. The van der Waals surface area contributed by atoms with Crippen LogP contribution < -0.4 is 5.32 Å². The van der Waals surface area contributed by atoms with Crippen LogP contribution in [0.1, 0.15) is 16.7 Å². The Bertz CT molecular complexity index is 883. The van der Waals surface area contributed by atoms with Crippen LogP contribution in [-0.4, -0.2) is 15.0 Å². The van der Waals surface area contributed by atoms with Gasteiger partial charge in [-0.1, -0.05) is 59.6 Å². The van der Waals surface area contributed by atoms with E-state index < -0.39 is 0 Å². The molecule has 1 heterocycles. The SMILES string of the molecule is Cc1cccc(CN(Cc2cccnc2)C(=S)Nc2ccccc2Cl)c1. The molecule has 0 unspecified atom stereocenters. The maximum atomic E-state index is 6.26. The molecule has 0 amide bonds. The normalized spacial score (nSPS) is 10.4. The van der Waals surface area contributed by atoms with Gasteiger partial charge in [0.05, 0.1) is 10.7 Å². The number of hydrogen-bond acceptors (Lipinski definition) is 2. The Morgan fingerprint density at radius 1 is 1.04 bits per heavy atom. The summed E-state index contributed by atoms with van der Waals surface area (Å²) in [6.45, 7) is 3.46. The molecular weight excluding hydrogens is 362 g/mol. The lowest BCUT2D eigenvalue weighted by molar-refractivity contribution is 0.412. The van der Waals surface area contributed by atoms with Crippen LogP contribution in [0, 0.1) is 6.92 Å². The van der Waals surface area contributed by atoms with Gasteiger partial charge in [-0.2, -0.15) is 0 Å². The second-order valence-electron chi connectivity index (χ2n) is 6.12. The molecule has 0 fully saturated rings. The van der Waals surface area contributed by atoms with Gasteiger partial charge in [-0.15, -0.1) is 0 Å². The number of hydrogen-bond donors (Lipinski definition) is 1. The Hall–Kier alpha value is -2.43. The van der Waals surface area contributed by atoms with Gasteiger partial charge in [0, 0.05) is 25.5 Å². The first-order valence-corrected chi connectivity index (χ1v) is 9.15. The highest BCUT2D eigenvalue weighted by Crippen LogP contribution is 2.22. The van der Waals surface area contributed by atoms with E-state index in [1.807, 2.05) is 42.6 Å². The number of benzene rings is 2. The van der Waals surface area contributed by atoms with E-state index in [2.05, 4.69) is 46.4 Å². The number of aromatic nitrogens is 1. The summed E-state index contributed by atoms with van der Waals surface area (Å²) in [6.07, 6.45) is 3.63. The molecule has 0 aliphatic heterocycles. The molecule has 3 aromatic rings. The van der Waals surface area contributed by atoms with Crippen LogP contribution in [-0.2, 0) is 13.1 Å². The summed E-state index contributed by atoms with van der Waals surface area (Å²) in [4.78, 5) is 6.32. The summed E-state index contributed by atoms with van der Waals surface area (Å²) >= 11 is 11.9. The molecule has 0 bridgehead atoms. The molecule has 0 saturated carbocycles. The van der Waals surface area contributed by atoms with Gasteiger partial charge < -0.3 is 10.2 Å². The lowest BCUT2D eigenvalue weighted by Gasteiger charge is -2.26. The third-order valence-electron chi connectivity index (χ3n) is 3.95. The smallest absolute Gasteiger partial charge is 0.174 e. The van der Waals surface area contributed by atoms with Crippen LogP contribution in [0.15, 0.2) is 73.1 Å². The molecule has 1 aromatic heterocycles. The Labute approximate surface area is 164 Å². The number of halogens is 1. The van der Waals surface area contributed by atoms with Crippen molar-refractivity contribution in [1.29, 1.82) is 0 Å². The minimum atomic E-state index is 0.628. The fourth-order valence-corrected chi connectivity index (χ4v) is 3.12. The first kappa shape index (κ1) is 18.4. The lowest BCUT2D eigenvalue weighted by Crippen LogP contribution is -2.34. The fraction of sp³-hybridized carbons (Fsp3) is 0.143. The Morgan fingerprint density at radius 3 is 2.54 bits per heavy atom. The van der Waals surface area contributed by atoms with Gasteiger partial charge in [-0.05, 0) is 48.5 Å². The molecule has 0 saturated heterocycles. The molecule has 0 spiro atoms. The lowest BCUT2D eigenvalue weighted by atomic mass is 10.1. The van der Waals surface area contributed by atoms with Crippen molar-refractivity contribution in [1.82, 2.24) is 9.88 Å². The summed E-state index contributed by atoms with van der Waals surface area (Å²) < 4.78 is 0. The van der Waals surface area contributed by atoms with E-state index in [4.69, 9.17) is 23.8 Å². The Balaban J connectivity index is 1.81. The topological polar surface area (TPSA) is 28.2 Å². The molecule has 3 nitrogen and oxygen atoms in total. The summed E-state index contributed by atoms with van der Waals surface area (Å²) in [5, 5.41) is 4.54. The number of pyridine rings is 1. The van der Waals surface area contributed by atoms with Gasteiger partial charge in [-0.3, -0.25) is 4.98 Å². The van der Waals surface area contributed by atoms with E-state index in [1.165, 1.54) is 11.1 Å². The molecule has 132 valence electrons. The number of anilines is 1. The molecule has 5 heteroatoms. The van der Waals surface area contributed by atoms with Crippen LogP contribution >= 0.6 is 23.8 Å². The van der Waals surface area contributed by atoms with Crippen molar-refractivity contribution in [3.05, 3.63) is 94.8 Å². The average Bonchev–Trinajstić information content (AvgIpc) is 2.64. The van der Waals surface area contributed by atoms with Gasteiger partial charge in [0.1, 0.15) is 0 Å². The minimum Gasteiger partial charge on any atom is -0.340 e. The zero-order valence-corrected chi connectivity index (χ0v) is 16.1. The molecular formula is C21H20ClN3S. The van der Waals surface area contributed by atoms with Crippen molar-refractivity contribution >= 4 is 34.6 Å². The number of nitrogens with one attached hydrogen (secondary N) is 1. The third-order valence-corrected chi connectivity index (χ3v) is 4.64. The highest BCUT2D eigenvalue weighted by atomic mass is 35.5. The maximum absolute atomic E-state index is 6.26. The number of aryl methyl sites for hydroxylation is 1. The molecule has 3 rings (SSSR count). The van der Waals surface area contributed by atoms with E-state index in [9.17, 15) is 0 Å². The molecule has 2 aromatic carbocycles. The second-order valence-corrected chi connectivity index (χ2v) is 6.91. The van der Waals surface area contributed by atoms with Crippen molar-refractivity contribution in [3.63, 3.8) is 0 Å². The van der Waals surface area contributed by atoms with Crippen LogP contribution in [0.2, 0.25) is 5.02 Å². The molecule has 26 heavy (non-hydrogen) atoms. The number of nitrogens with zero attached hydrogens (tertiary/aromatic N) is 2. The largest absolute Gasteiger partial charge is 0.340 e. The van der Waals surface area contributed by atoms with Gasteiger partial charge >= 0.3 is 0 Å². The van der Waals surface area contributed by atoms with E-state index in [0.29, 0.717) is 23.2 Å². The van der Waals surface area contributed by atoms with E-state index in [1.54, 1.807) is 6.20 Å². The summed E-state index contributed by atoms with van der Waals surface area (Å²) in [5.41, 5.74) is 4.34. The fourth-order valence-electron chi connectivity index (χ4n) is 2.70. The zero-order valence-electron chi connectivity index (χ0n) is 14.5. The summed E-state index contributed by atoms with van der Waals surface area (Å²) in [5.74, 6) is 0. The van der Waals surface area contributed by atoms with Crippen molar-refractivity contribution in [2.24, 2.45) is 0 Å². The molecule has 0 atom stereocenters. The monoisotopic (exact) mass is 381 g/mol. The first-order valence-electron chi connectivity index (χ1n) is 8.37. The summed E-state index contributed by atoms with van der Waals surface area (Å²) in [6, 6.07) is 20.0. The standard InChI is InChI=1S/C21H20ClN3S/c1-16-6-4-7-17(12-16)14-25(15-18-8-5-11-23-13-18)21(26)24-20-10-3-2-9-19(20)22/h2-13H,14-15H2,1H3,(H,24,26). The number of para-hydroxylation sites is 1. The zero-order chi connectivity index (χ0) is 18.4. The van der Waals surface area contributed by atoms with Gasteiger partial charge in [0.25, 0.3) is 0 Å². The highest BCUT2D eigenvalue weighted by Gasteiger charge is 2.13. The first-order chi connectivity index (χ1) is 12.6. The van der Waals surface area contributed by atoms with Gasteiger partial charge in [0.2, 0.25) is 0 Å². The third kappa shape index (κ3) is 5.04. The van der Waals surface area contributed by atoms with Crippen LogP contribution in [0.5, 0.6) is 0 Å².